The van der Waals surface area contributed by atoms with E-state index in [9.17, 15) is 4.79 Å². The number of benzene rings is 2. The van der Waals surface area contributed by atoms with Gasteiger partial charge < -0.3 is 15.8 Å². The number of para-hydroxylation sites is 2. The van der Waals surface area contributed by atoms with Gasteiger partial charge in [-0.3, -0.25) is 9.69 Å². The molecule has 1 amide bonds. The Bertz CT molecular complexity index is 1050. The van der Waals surface area contributed by atoms with Gasteiger partial charge in [0.1, 0.15) is 17.5 Å². The monoisotopic (exact) mass is 424 g/mol. The Kier molecular flexibility index (Phi) is 6.35. The summed E-state index contributed by atoms with van der Waals surface area (Å²) < 4.78 is 5.89. The number of ether oxygens (including phenoxy) is 1. The lowest BCUT2D eigenvalue weighted by Crippen LogP contribution is -2.33. The molecule has 0 unspecified atom stereocenters. The van der Waals surface area contributed by atoms with Crippen molar-refractivity contribution in [3.63, 3.8) is 0 Å². The number of anilines is 2. The molecule has 1 aromatic heterocycles. The second kappa shape index (κ2) is 9.32. The first-order valence-corrected chi connectivity index (χ1v) is 10.6. The van der Waals surface area contributed by atoms with Crippen molar-refractivity contribution < 1.29 is 9.53 Å². The Hall–Kier alpha value is -2.83. The number of fused-ring (bicyclic) bond motifs is 1. The number of pyridine rings is 1. The highest BCUT2D eigenvalue weighted by molar-refractivity contribution is 6.34. The van der Waals surface area contributed by atoms with E-state index in [4.69, 9.17) is 22.1 Å². The van der Waals surface area contributed by atoms with Crippen LogP contribution in [-0.2, 0) is 0 Å². The maximum absolute atomic E-state index is 12.8. The molecule has 3 aromatic rings. The largest absolute Gasteiger partial charge is 0.490 e. The summed E-state index contributed by atoms with van der Waals surface area (Å²) in [5.74, 6) is 0.197. The fraction of sp³-hybridized carbons (Fsp3) is 0.304. The second-order valence-corrected chi connectivity index (χ2v) is 7.80. The van der Waals surface area contributed by atoms with Crippen molar-refractivity contribution in [3.05, 3.63) is 59.2 Å². The standard InChI is InChI=1S/C23H25ClN4O2/c24-22-17(15-16-7-2-3-8-18(16)26-22)23(29)27-19-9-6-10-20(21(19)25)30-14-13-28-11-4-1-5-12-28/h2-3,6-10,15H,1,4-5,11-14,25H2,(H,27,29). The molecule has 7 heteroatoms. The van der Waals surface area contributed by atoms with Crippen LogP contribution >= 0.6 is 11.6 Å². The zero-order valence-electron chi connectivity index (χ0n) is 16.7. The number of amides is 1. The average Bonchev–Trinajstić information content (AvgIpc) is 2.76. The minimum atomic E-state index is -0.365. The van der Waals surface area contributed by atoms with Crippen molar-refractivity contribution in [2.45, 2.75) is 19.3 Å². The molecule has 4 rings (SSSR count). The van der Waals surface area contributed by atoms with Gasteiger partial charge in [0, 0.05) is 11.9 Å². The van der Waals surface area contributed by atoms with E-state index in [1.54, 1.807) is 12.1 Å². The molecule has 1 saturated heterocycles. The number of carbonyl (C=O) groups is 1. The molecule has 0 radical (unpaired) electrons. The van der Waals surface area contributed by atoms with Gasteiger partial charge in [-0.15, -0.1) is 0 Å². The first-order valence-electron chi connectivity index (χ1n) is 10.2. The third-order valence-corrected chi connectivity index (χ3v) is 5.64. The molecule has 2 heterocycles. The number of piperidine rings is 1. The molecule has 156 valence electrons. The van der Waals surface area contributed by atoms with Gasteiger partial charge in [-0.1, -0.05) is 42.3 Å². The van der Waals surface area contributed by atoms with Gasteiger partial charge in [0.05, 0.1) is 22.5 Å². The predicted octanol–water partition coefficient (Wildman–Crippen LogP) is 4.59. The van der Waals surface area contributed by atoms with Crippen LogP contribution in [-0.4, -0.2) is 42.0 Å². The van der Waals surface area contributed by atoms with Crippen LogP contribution in [0, 0.1) is 0 Å². The van der Waals surface area contributed by atoms with E-state index in [0.29, 0.717) is 29.3 Å². The minimum Gasteiger partial charge on any atom is -0.490 e. The van der Waals surface area contributed by atoms with Gasteiger partial charge in [0.25, 0.3) is 5.91 Å². The molecule has 0 aliphatic carbocycles. The number of rotatable bonds is 6. The molecule has 30 heavy (non-hydrogen) atoms. The zero-order valence-corrected chi connectivity index (χ0v) is 17.5. The van der Waals surface area contributed by atoms with Crippen LogP contribution in [0.4, 0.5) is 11.4 Å². The van der Waals surface area contributed by atoms with Crippen molar-refractivity contribution in [1.82, 2.24) is 9.88 Å². The van der Waals surface area contributed by atoms with Gasteiger partial charge >= 0.3 is 0 Å². The van der Waals surface area contributed by atoms with Crippen LogP contribution in [0.5, 0.6) is 5.75 Å². The molecule has 2 aromatic carbocycles. The SMILES string of the molecule is Nc1c(NC(=O)c2cc3ccccc3nc2Cl)cccc1OCCN1CCCCC1. The lowest BCUT2D eigenvalue weighted by atomic mass is 10.1. The number of nitrogens with zero attached hydrogens (tertiary/aromatic N) is 2. The molecule has 0 spiro atoms. The summed E-state index contributed by atoms with van der Waals surface area (Å²) in [4.78, 5) is 19.5. The van der Waals surface area contributed by atoms with Crippen LogP contribution in [0.25, 0.3) is 10.9 Å². The number of carbonyl (C=O) groups excluding carboxylic acids is 1. The number of nitrogen functional groups attached to an aromatic ring is 1. The zero-order chi connectivity index (χ0) is 20.9. The highest BCUT2D eigenvalue weighted by atomic mass is 35.5. The third kappa shape index (κ3) is 4.66. The number of halogens is 1. The van der Waals surface area contributed by atoms with E-state index < -0.39 is 0 Å². The van der Waals surface area contributed by atoms with E-state index in [-0.39, 0.29) is 11.1 Å². The van der Waals surface area contributed by atoms with Gasteiger partial charge in [0.2, 0.25) is 0 Å². The smallest absolute Gasteiger partial charge is 0.258 e. The number of nitrogens with one attached hydrogen (secondary N) is 1. The highest BCUT2D eigenvalue weighted by Gasteiger charge is 2.16. The fourth-order valence-corrected chi connectivity index (χ4v) is 3.92. The normalized spacial score (nSPS) is 14.6. The number of hydrogen-bond donors (Lipinski definition) is 2. The van der Waals surface area contributed by atoms with E-state index in [1.807, 2.05) is 36.4 Å². The van der Waals surface area contributed by atoms with Crippen molar-refractivity contribution in [2.24, 2.45) is 0 Å². The number of nitrogens with two attached hydrogens (primary N) is 1. The van der Waals surface area contributed by atoms with E-state index >= 15 is 0 Å². The summed E-state index contributed by atoms with van der Waals surface area (Å²) in [6.07, 6.45) is 3.80. The minimum absolute atomic E-state index is 0.152. The van der Waals surface area contributed by atoms with Crippen molar-refractivity contribution in [1.29, 1.82) is 0 Å². The Morgan fingerprint density at radius 3 is 2.77 bits per heavy atom. The van der Waals surface area contributed by atoms with Gasteiger partial charge in [0.15, 0.2) is 0 Å². The number of likely N-dealkylation sites (tertiary alicyclic amines) is 1. The number of aromatic nitrogens is 1. The lowest BCUT2D eigenvalue weighted by Gasteiger charge is -2.26. The van der Waals surface area contributed by atoms with Crippen LogP contribution < -0.4 is 15.8 Å². The summed E-state index contributed by atoms with van der Waals surface area (Å²) in [5.41, 5.74) is 8.17. The Labute approximate surface area is 181 Å². The van der Waals surface area contributed by atoms with Crippen molar-refractivity contribution in [3.8, 4) is 5.75 Å². The lowest BCUT2D eigenvalue weighted by molar-refractivity contribution is 0.102. The molecule has 6 nitrogen and oxygen atoms in total. The van der Waals surface area contributed by atoms with Crippen LogP contribution in [0.3, 0.4) is 0 Å². The van der Waals surface area contributed by atoms with Gasteiger partial charge in [-0.05, 0) is 50.2 Å². The second-order valence-electron chi connectivity index (χ2n) is 7.44. The molecular formula is C23H25ClN4O2. The van der Waals surface area contributed by atoms with Crippen LogP contribution in [0.15, 0.2) is 48.5 Å². The quantitative estimate of drug-likeness (QED) is 0.447. The van der Waals surface area contributed by atoms with Gasteiger partial charge in [-0.25, -0.2) is 4.98 Å². The summed E-state index contributed by atoms with van der Waals surface area (Å²) in [6, 6.07) is 14.6. The Balaban J connectivity index is 1.44. The molecule has 1 aliphatic heterocycles. The van der Waals surface area contributed by atoms with E-state index in [0.717, 1.165) is 30.5 Å². The molecule has 0 atom stereocenters. The summed E-state index contributed by atoms with van der Waals surface area (Å²) in [6.45, 7) is 3.67. The predicted molar refractivity (Wildman–Crippen MR) is 121 cm³/mol. The molecule has 1 fully saturated rings. The maximum Gasteiger partial charge on any atom is 0.258 e. The molecule has 1 aliphatic rings. The first-order chi connectivity index (χ1) is 14.6. The van der Waals surface area contributed by atoms with Crippen molar-refractivity contribution >= 4 is 39.8 Å². The molecule has 3 N–H and O–H groups in total. The van der Waals surface area contributed by atoms with Crippen LogP contribution in [0.2, 0.25) is 5.15 Å². The number of hydrogen-bond acceptors (Lipinski definition) is 5. The third-order valence-electron chi connectivity index (χ3n) is 5.35. The van der Waals surface area contributed by atoms with E-state index in [1.165, 1.54) is 19.3 Å². The summed E-state index contributed by atoms with van der Waals surface area (Å²) >= 11 is 6.25. The highest BCUT2D eigenvalue weighted by Crippen LogP contribution is 2.30. The van der Waals surface area contributed by atoms with Crippen LogP contribution in [0.1, 0.15) is 29.6 Å². The Morgan fingerprint density at radius 1 is 1.13 bits per heavy atom. The molecular weight excluding hydrogens is 400 g/mol. The maximum atomic E-state index is 12.8. The van der Waals surface area contributed by atoms with Crippen molar-refractivity contribution in [2.75, 3.05) is 37.3 Å². The van der Waals surface area contributed by atoms with E-state index in [2.05, 4.69) is 15.2 Å². The summed E-state index contributed by atoms with van der Waals surface area (Å²) in [5, 5.41) is 3.83. The fourth-order valence-electron chi connectivity index (χ4n) is 3.69. The van der Waals surface area contributed by atoms with Gasteiger partial charge in [-0.2, -0.15) is 0 Å². The Morgan fingerprint density at radius 2 is 1.93 bits per heavy atom. The average molecular weight is 425 g/mol. The molecule has 0 bridgehead atoms. The topological polar surface area (TPSA) is 80.5 Å². The summed E-state index contributed by atoms with van der Waals surface area (Å²) in [7, 11) is 0. The molecule has 0 saturated carbocycles. The first kappa shape index (κ1) is 20.4.